The Morgan fingerprint density at radius 3 is 2.95 bits per heavy atom. The number of piperidine rings is 1. The first kappa shape index (κ1) is 14.3. The predicted octanol–water partition coefficient (Wildman–Crippen LogP) is -1.43. The summed E-state index contributed by atoms with van der Waals surface area (Å²) in [4.78, 5) is 37.4. The van der Waals surface area contributed by atoms with E-state index in [4.69, 9.17) is 4.74 Å². The first-order chi connectivity index (χ1) is 10.1. The van der Waals surface area contributed by atoms with E-state index in [2.05, 4.69) is 16.0 Å². The van der Waals surface area contributed by atoms with Gasteiger partial charge in [-0.15, -0.1) is 0 Å². The summed E-state index contributed by atoms with van der Waals surface area (Å²) < 4.78 is 5.34. The first-order valence-corrected chi connectivity index (χ1v) is 7.32. The van der Waals surface area contributed by atoms with Crippen LogP contribution in [0.4, 0.5) is 4.79 Å². The molecule has 8 heteroatoms. The molecule has 21 heavy (non-hydrogen) atoms. The molecule has 2 unspecified atom stereocenters. The highest BCUT2D eigenvalue weighted by atomic mass is 16.5. The minimum absolute atomic E-state index is 0.00831. The van der Waals surface area contributed by atoms with Crippen LogP contribution in [0.15, 0.2) is 0 Å². The predicted molar refractivity (Wildman–Crippen MR) is 72.4 cm³/mol. The summed E-state index contributed by atoms with van der Waals surface area (Å²) in [6.45, 7) is 2.82. The van der Waals surface area contributed by atoms with E-state index >= 15 is 0 Å². The summed E-state index contributed by atoms with van der Waals surface area (Å²) in [6, 6.07) is -0.451. The van der Waals surface area contributed by atoms with Crippen molar-refractivity contribution < 1.29 is 19.1 Å². The lowest BCUT2D eigenvalue weighted by atomic mass is 9.89. The third-order valence-electron chi connectivity index (χ3n) is 4.28. The molecule has 0 aromatic rings. The summed E-state index contributed by atoms with van der Waals surface area (Å²) in [5.74, 6) is -0.338. The van der Waals surface area contributed by atoms with Gasteiger partial charge in [0.2, 0.25) is 5.91 Å². The molecular formula is C13H20N4O4. The smallest absolute Gasteiger partial charge is 0.322 e. The largest absolute Gasteiger partial charge is 0.378 e. The van der Waals surface area contributed by atoms with Gasteiger partial charge < -0.3 is 20.3 Å². The van der Waals surface area contributed by atoms with Gasteiger partial charge in [-0.1, -0.05) is 0 Å². The number of nitrogens with zero attached hydrogens (tertiary/aromatic N) is 1. The fourth-order valence-electron chi connectivity index (χ4n) is 3.17. The van der Waals surface area contributed by atoms with Crippen molar-refractivity contribution in [2.75, 3.05) is 32.8 Å². The molecule has 0 saturated carbocycles. The number of amides is 4. The van der Waals surface area contributed by atoms with E-state index < -0.39 is 11.6 Å². The summed E-state index contributed by atoms with van der Waals surface area (Å²) >= 11 is 0. The number of carbonyl (C=O) groups is 3. The average Bonchev–Trinajstić information content (AvgIpc) is 2.74. The Labute approximate surface area is 122 Å². The number of imide groups is 1. The molecule has 3 N–H and O–H groups in total. The van der Waals surface area contributed by atoms with Crippen LogP contribution in [0.5, 0.6) is 0 Å². The Morgan fingerprint density at radius 1 is 1.43 bits per heavy atom. The number of likely N-dealkylation sites (tertiary alicyclic amines) is 1. The number of morpholine rings is 1. The van der Waals surface area contributed by atoms with E-state index in [1.165, 1.54) is 0 Å². The van der Waals surface area contributed by atoms with Gasteiger partial charge in [0.15, 0.2) is 0 Å². The van der Waals surface area contributed by atoms with Gasteiger partial charge in [0, 0.05) is 25.6 Å². The number of nitrogens with one attached hydrogen (secondary N) is 3. The van der Waals surface area contributed by atoms with Crippen LogP contribution in [0, 0.1) is 0 Å². The minimum atomic E-state index is -0.943. The molecule has 0 aromatic carbocycles. The van der Waals surface area contributed by atoms with Crippen molar-refractivity contribution in [2.24, 2.45) is 0 Å². The lowest BCUT2D eigenvalue weighted by Crippen LogP contribution is -2.60. The topological polar surface area (TPSA) is 99.8 Å². The Balaban J connectivity index is 1.61. The van der Waals surface area contributed by atoms with E-state index in [-0.39, 0.29) is 24.4 Å². The van der Waals surface area contributed by atoms with E-state index in [9.17, 15) is 14.4 Å². The van der Waals surface area contributed by atoms with Crippen molar-refractivity contribution in [2.45, 2.75) is 30.8 Å². The zero-order valence-electron chi connectivity index (χ0n) is 11.8. The standard InChI is InChI=1S/C13H20N4O4/c18-10(6-9-7-21-5-3-14-9)17-4-1-2-13(8-17)11(19)15-12(20)16-13/h9,14H,1-8H2,(H2,15,16,19,20). The van der Waals surface area contributed by atoms with Crippen molar-refractivity contribution in [3.8, 4) is 0 Å². The van der Waals surface area contributed by atoms with Gasteiger partial charge in [-0.3, -0.25) is 14.9 Å². The number of hydrogen-bond acceptors (Lipinski definition) is 5. The number of rotatable bonds is 2. The maximum absolute atomic E-state index is 12.4. The molecule has 0 radical (unpaired) electrons. The molecule has 3 fully saturated rings. The number of hydrogen-bond donors (Lipinski definition) is 3. The quantitative estimate of drug-likeness (QED) is 0.542. The molecule has 3 saturated heterocycles. The van der Waals surface area contributed by atoms with E-state index in [0.717, 1.165) is 6.54 Å². The lowest BCUT2D eigenvalue weighted by molar-refractivity contribution is -0.137. The van der Waals surface area contributed by atoms with Crippen LogP contribution in [0.1, 0.15) is 19.3 Å². The second-order valence-electron chi connectivity index (χ2n) is 5.84. The molecule has 3 heterocycles. The van der Waals surface area contributed by atoms with Gasteiger partial charge in [0.1, 0.15) is 5.54 Å². The summed E-state index contributed by atoms with van der Waals surface area (Å²) in [7, 11) is 0. The van der Waals surface area contributed by atoms with Gasteiger partial charge >= 0.3 is 6.03 Å². The molecule has 8 nitrogen and oxygen atoms in total. The first-order valence-electron chi connectivity index (χ1n) is 7.32. The van der Waals surface area contributed by atoms with Crippen molar-refractivity contribution in [1.82, 2.24) is 20.9 Å². The molecule has 4 amide bonds. The second kappa shape index (κ2) is 5.61. The highest BCUT2D eigenvalue weighted by molar-refractivity contribution is 6.07. The molecule has 0 aromatic heterocycles. The fraction of sp³-hybridized carbons (Fsp3) is 0.769. The van der Waals surface area contributed by atoms with Crippen LogP contribution >= 0.6 is 0 Å². The summed E-state index contributed by atoms with van der Waals surface area (Å²) in [6.07, 6.45) is 1.62. The van der Waals surface area contributed by atoms with Crippen LogP contribution in [-0.4, -0.2) is 67.2 Å². The van der Waals surface area contributed by atoms with E-state index in [1.54, 1.807) is 4.90 Å². The third-order valence-corrected chi connectivity index (χ3v) is 4.28. The molecule has 0 bridgehead atoms. The van der Waals surface area contributed by atoms with Gasteiger partial charge in [-0.2, -0.15) is 0 Å². The van der Waals surface area contributed by atoms with Crippen LogP contribution in [-0.2, 0) is 14.3 Å². The molecule has 3 rings (SSSR count). The zero-order chi connectivity index (χ0) is 14.9. The zero-order valence-corrected chi connectivity index (χ0v) is 11.8. The Morgan fingerprint density at radius 2 is 2.29 bits per heavy atom. The van der Waals surface area contributed by atoms with Gasteiger partial charge in [0.25, 0.3) is 5.91 Å². The SMILES string of the molecule is O=C1NC(=O)C2(CCCN(C(=O)CC3COCCN3)C2)N1. The van der Waals surface area contributed by atoms with Crippen LogP contribution < -0.4 is 16.0 Å². The molecular weight excluding hydrogens is 276 g/mol. The molecule has 2 atom stereocenters. The van der Waals surface area contributed by atoms with E-state index in [1.807, 2.05) is 0 Å². The Hall–Kier alpha value is -1.67. The van der Waals surface area contributed by atoms with Crippen molar-refractivity contribution >= 4 is 17.8 Å². The van der Waals surface area contributed by atoms with Gasteiger partial charge in [0.05, 0.1) is 19.8 Å². The number of carbonyl (C=O) groups excluding carboxylic acids is 3. The fourth-order valence-corrected chi connectivity index (χ4v) is 3.17. The second-order valence-corrected chi connectivity index (χ2v) is 5.84. The molecule has 116 valence electrons. The average molecular weight is 296 g/mol. The van der Waals surface area contributed by atoms with Crippen LogP contribution in [0.25, 0.3) is 0 Å². The van der Waals surface area contributed by atoms with Gasteiger partial charge in [-0.25, -0.2) is 4.79 Å². The lowest BCUT2D eigenvalue weighted by Gasteiger charge is -2.38. The Bertz CT molecular complexity index is 463. The summed E-state index contributed by atoms with van der Waals surface area (Å²) in [5.41, 5.74) is -0.943. The molecule has 0 aliphatic carbocycles. The maximum atomic E-state index is 12.4. The van der Waals surface area contributed by atoms with Crippen LogP contribution in [0.2, 0.25) is 0 Å². The molecule has 3 aliphatic heterocycles. The van der Waals surface area contributed by atoms with Crippen molar-refractivity contribution in [3.63, 3.8) is 0 Å². The van der Waals surface area contributed by atoms with Crippen molar-refractivity contribution in [1.29, 1.82) is 0 Å². The number of ether oxygens (including phenoxy) is 1. The maximum Gasteiger partial charge on any atom is 0.322 e. The van der Waals surface area contributed by atoms with E-state index in [0.29, 0.717) is 39.0 Å². The van der Waals surface area contributed by atoms with Gasteiger partial charge in [-0.05, 0) is 12.8 Å². The molecule has 1 spiro atoms. The highest BCUT2D eigenvalue weighted by Gasteiger charge is 2.49. The summed E-state index contributed by atoms with van der Waals surface area (Å²) in [5, 5.41) is 8.18. The molecule has 3 aliphatic rings. The monoisotopic (exact) mass is 296 g/mol. The highest BCUT2D eigenvalue weighted by Crippen LogP contribution is 2.25. The minimum Gasteiger partial charge on any atom is -0.378 e. The normalized spacial score (nSPS) is 33.0. The third kappa shape index (κ3) is 2.86. The van der Waals surface area contributed by atoms with Crippen molar-refractivity contribution in [3.05, 3.63) is 0 Å². The number of urea groups is 1. The van der Waals surface area contributed by atoms with Crippen LogP contribution in [0.3, 0.4) is 0 Å². The Kier molecular flexibility index (Phi) is 3.81.